The van der Waals surface area contributed by atoms with Crippen LogP contribution in [0.25, 0.3) is 5.57 Å². The van der Waals surface area contributed by atoms with E-state index >= 15 is 0 Å². The van der Waals surface area contributed by atoms with Crippen molar-refractivity contribution in [3.8, 4) is 0 Å². The Labute approximate surface area is 128 Å². The maximum atomic E-state index is 5.11. The van der Waals surface area contributed by atoms with Crippen LogP contribution in [-0.2, 0) is 5.41 Å². The number of allylic oxidation sites excluding steroid dienone is 2. The summed E-state index contributed by atoms with van der Waals surface area (Å²) in [5, 5.41) is 0. The number of fused-ring (bicyclic) bond motifs is 4. The third kappa shape index (κ3) is 1.66. The Morgan fingerprint density at radius 2 is 1.81 bits per heavy atom. The fourth-order valence-corrected chi connectivity index (χ4v) is 4.21. The number of aliphatic imine (C=N–C) groups is 1. The highest BCUT2D eigenvalue weighted by atomic mass is 14.9. The Kier molecular flexibility index (Phi) is 2.73. The number of rotatable bonds is 2. The minimum atomic E-state index is 0.284. The lowest BCUT2D eigenvalue weighted by atomic mass is 9.64. The van der Waals surface area contributed by atoms with Gasteiger partial charge < -0.3 is 0 Å². The van der Waals surface area contributed by atoms with Gasteiger partial charge in [-0.15, -0.1) is 0 Å². The van der Waals surface area contributed by atoms with Crippen molar-refractivity contribution < 1.29 is 0 Å². The fraction of sp³-hybridized carbons (Fsp3) is 0.550. The Morgan fingerprint density at radius 1 is 1.05 bits per heavy atom. The topological polar surface area (TPSA) is 12.4 Å². The first-order valence-corrected chi connectivity index (χ1v) is 8.49. The first-order chi connectivity index (χ1) is 10.0. The molecule has 0 N–H and O–H groups in total. The molecular weight excluding hydrogens is 254 g/mol. The monoisotopic (exact) mass is 279 g/mol. The number of hydrogen-bond donors (Lipinski definition) is 0. The zero-order valence-corrected chi connectivity index (χ0v) is 13.7. The number of hydrogen-bond acceptors (Lipinski definition) is 1. The molecule has 0 radical (unpaired) electrons. The van der Waals surface area contributed by atoms with Crippen LogP contribution in [-0.4, -0.2) is 5.71 Å². The largest absolute Gasteiger partial charge is 0.260 e. The van der Waals surface area contributed by atoms with Crippen LogP contribution in [0, 0.1) is 5.92 Å². The Bertz CT molecular complexity index is 669. The van der Waals surface area contributed by atoms with Crippen LogP contribution in [0.4, 0.5) is 0 Å². The van der Waals surface area contributed by atoms with Crippen molar-refractivity contribution in [2.24, 2.45) is 10.9 Å². The molecule has 3 aliphatic rings. The second kappa shape index (κ2) is 4.32. The summed E-state index contributed by atoms with van der Waals surface area (Å²) in [6.45, 7) is 9.13. The van der Waals surface area contributed by atoms with Crippen LogP contribution in [0.2, 0.25) is 0 Å². The van der Waals surface area contributed by atoms with Gasteiger partial charge in [0.05, 0.1) is 5.70 Å². The molecule has 0 unspecified atom stereocenters. The van der Waals surface area contributed by atoms with Gasteiger partial charge in [-0.2, -0.15) is 0 Å². The van der Waals surface area contributed by atoms with Crippen molar-refractivity contribution in [2.45, 2.75) is 64.7 Å². The Balaban J connectivity index is 1.84. The quantitative estimate of drug-likeness (QED) is 0.682. The van der Waals surface area contributed by atoms with Crippen molar-refractivity contribution in [1.29, 1.82) is 0 Å². The highest BCUT2D eigenvalue weighted by molar-refractivity contribution is 6.03. The van der Waals surface area contributed by atoms with Crippen molar-refractivity contribution >= 4 is 11.3 Å². The zero-order valence-electron chi connectivity index (χ0n) is 13.7. The molecule has 1 nitrogen and oxygen atoms in total. The van der Waals surface area contributed by atoms with Crippen LogP contribution in [0.15, 0.2) is 28.9 Å². The van der Waals surface area contributed by atoms with E-state index in [-0.39, 0.29) is 5.41 Å². The SMILES string of the molecule is CC(C)C1=NC2=C(C1)c1ccc(C(C)C)cc1C21CCC1. The maximum absolute atomic E-state index is 5.11. The summed E-state index contributed by atoms with van der Waals surface area (Å²) in [6.07, 6.45) is 5.04. The highest BCUT2D eigenvalue weighted by Crippen LogP contribution is 2.60. The molecular formula is C20H25N. The maximum Gasteiger partial charge on any atom is 0.0550 e. The molecule has 1 saturated carbocycles. The van der Waals surface area contributed by atoms with Gasteiger partial charge in [0.1, 0.15) is 0 Å². The van der Waals surface area contributed by atoms with Crippen LogP contribution in [0.5, 0.6) is 0 Å². The first-order valence-electron chi connectivity index (χ1n) is 8.49. The molecule has 0 atom stereocenters. The van der Waals surface area contributed by atoms with Gasteiger partial charge >= 0.3 is 0 Å². The van der Waals surface area contributed by atoms with E-state index in [9.17, 15) is 0 Å². The predicted molar refractivity (Wildman–Crippen MR) is 89.9 cm³/mol. The minimum Gasteiger partial charge on any atom is -0.260 e. The second-order valence-electron chi connectivity index (χ2n) is 7.66. The van der Waals surface area contributed by atoms with E-state index in [2.05, 4.69) is 45.9 Å². The summed E-state index contributed by atoms with van der Waals surface area (Å²) in [6, 6.07) is 7.20. The van der Waals surface area contributed by atoms with Gasteiger partial charge in [0, 0.05) is 17.5 Å². The second-order valence-corrected chi connectivity index (χ2v) is 7.66. The molecule has 0 saturated heterocycles. The standard InChI is InChI=1S/C20H25N/c1-12(2)14-6-7-15-16-11-18(13(3)4)21-19(16)20(8-5-9-20)17(15)10-14/h6-7,10,12-13H,5,8-9,11H2,1-4H3. The Hall–Kier alpha value is -1.37. The molecule has 0 bridgehead atoms. The smallest absolute Gasteiger partial charge is 0.0550 e. The molecule has 1 heteroatoms. The molecule has 1 spiro atoms. The van der Waals surface area contributed by atoms with Gasteiger partial charge in [-0.05, 0) is 46.9 Å². The van der Waals surface area contributed by atoms with Crippen molar-refractivity contribution in [3.63, 3.8) is 0 Å². The fourth-order valence-electron chi connectivity index (χ4n) is 4.21. The lowest BCUT2D eigenvalue weighted by molar-refractivity contribution is 0.298. The summed E-state index contributed by atoms with van der Waals surface area (Å²) in [7, 11) is 0. The summed E-state index contributed by atoms with van der Waals surface area (Å²) >= 11 is 0. The van der Waals surface area contributed by atoms with Gasteiger partial charge in [-0.25, -0.2) is 0 Å². The molecule has 4 rings (SSSR count). The van der Waals surface area contributed by atoms with Crippen molar-refractivity contribution in [2.75, 3.05) is 0 Å². The van der Waals surface area contributed by atoms with Gasteiger partial charge in [-0.1, -0.05) is 52.3 Å². The minimum absolute atomic E-state index is 0.284. The summed E-state index contributed by atoms with van der Waals surface area (Å²) < 4.78 is 0. The molecule has 1 fully saturated rings. The van der Waals surface area contributed by atoms with Gasteiger partial charge in [0.25, 0.3) is 0 Å². The Morgan fingerprint density at radius 3 is 2.38 bits per heavy atom. The van der Waals surface area contributed by atoms with E-state index in [1.165, 1.54) is 41.8 Å². The summed E-state index contributed by atoms with van der Waals surface area (Å²) in [5.41, 5.74) is 9.24. The normalized spacial score (nSPS) is 21.9. The molecule has 0 aromatic heterocycles. The molecule has 1 aliphatic heterocycles. The molecule has 2 aliphatic carbocycles. The number of benzene rings is 1. The lowest BCUT2D eigenvalue weighted by Gasteiger charge is -2.40. The first kappa shape index (κ1) is 13.3. The van der Waals surface area contributed by atoms with E-state index in [1.807, 2.05) is 0 Å². The molecule has 1 aromatic rings. The zero-order chi connectivity index (χ0) is 14.8. The van der Waals surface area contributed by atoms with Crippen LogP contribution >= 0.6 is 0 Å². The van der Waals surface area contributed by atoms with Crippen LogP contribution < -0.4 is 0 Å². The van der Waals surface area contributed by atoms with Crippen LogP contribution in [0.1, 0.15) is 76.0 Å². The van der Waals surface area contributed by atoms with E-state index in [0.29, 0.717) is 11.8 Å². The molecule has 1 heterocycles. The van der Waals surface area contributed by atoms with E-state index in [4.69, 9.17) is 4.99 Å². The number of nitrogens with zero attached hydrogens (tertiary/aromatic N) is 1. The third-order valence-corrected chi connectivity index (χ3v) is 5.78. The van der Waals surface area contributed by atoms with Crippen LogP contribution in [0.3, 0.4) is 0 Å². The van der Waals surface area contributed by atoms with E-state index < -0.39 is 0 Å². The van der Waals surface area contributed by atoms with Crippen molar-refractivity contribution in [3.05, 3.63) is 40.6 Å². The molecule has 1 aromatic carbocycles. The average molecular weight is 279 g/mol. The predicted octanol–water partition coefficient (Wildman–Crippen LogP) is 5.46. The summed E-state index contributed by atoms with van der Waals surface area (Å²) in [4.78, 5) is 5.11. The molecule has 0 amide bonds. The average Bonchev–Trinajstić information content (AvgIpc) is 2.91. The van der Waals surface area contributed by atoms with Gasteiger partial charge in [-0.3, -0.25) is 4.99 Å². The van der Waals surface area contributed by atoms with Gasteiger partial charge in [0.15, 0.2) is 0 Å². The molecule has 110 valence electrons. The van der Waals surface area contributed by atoms with Crippen molar-refractivity contribution in [1.82, 2.24) is 0 Å². The molecule has 21 heavy (non-hydrogen) atoms. The van der Waals surface area contributed by atoms with E-state index in [1.54, 1.807) is 11.1 Å². The lowest BCUT2D eigenvalue weighted by Crippen LogP contribution is -2.34. The highest BCUT2D eigenvalue weighted by Gasteiger charge is 2.51. The van der Waals surface area contributed by atoms with E-state index in [0.717, 1.165) is 6.42 Å². The van der Waals surface area contributed by atoms with Gasteiger partial charge in [0.2, 0.25) is 0 Å². The summed E-state index contributed by atoms with van der Waals surface area (Å²) in [5.74, 6) is 1.18. The third-order valence-electron chi connectivity index (χ3n) is 5.78.